The van der Waals surface area contributed by atoms with Crippen LogP contribution in [-0.2, 0) is 10.0 Å². The summed E-state index contributed by atoms with van der Waals surface area (Å²) in [6.07, 6.45) is 4.64. The Morgan fingerprint density at radius 2 is 1.76 bits per heavy atom. The van der Waals surface area contributed by atoms with E-state index in [1.807, 2.05) is 54.3 Å². The van der Waals surface area contributed by atoms with Crippen LogP contribution in [0.1, 0.15) is 34.7 Å². The van der Waals surface area contributed by atoms with E-state index in [9.17, 15) is 8.42 Å². The Morgan fingerprint density at radius 1 is 1.03 bits per heavy atom. The van der Waals surface area contributed by atoms with Gasteiger partial charge in [-0.3, -0.25) is 9.71 Å². The molecule has 2 N–H and O–H groups in total. The highest BCUT2D eigenvalue weighted by Gasteiger charge is 2.42. The molecule has 0 saturated carbocycles. The summed E-state index contributed by atoms with van der Waals surface area (Å²) in [6.45, 7) is 4.12. The number of benzene rings is 1. The third-order valence-electron chi connectivity index (χ3n) is 6.52. The number of anilines is 2. The zero-order valence-corrected chi connectivity index (χ0v) is 23.0. The second-order valence-electron chi connectivity index (χ2n) is 9.11. The SMILES string of the molecule is COc1ccc(N2C(=S)N[C@@H](c3ccccn3)[C@H]2c2cc(C)n(-c3ccccn3)c2C)cc1NS(C)(=O)=O. The lowest BCUT2D eigenvalue weighted by molar-refractivity contribution is 0.417. The highest BCUT2D eigenvalue weighted by molar-refractivity contribution is 7.92. The topological polar surface area (TPSA) is 101 Å². The largest absolute Gasteiger partial charge is 0.495 e. The van der Waals surface area contributed by atoms with Crippen LogP contribution in [0, 0.1) is 13.8 Å². The Labute approximate surface area is 227 Å². The van der Waals surface area contributed by atoms with Gasteiger partial charge in [0.15, 0.2) is 5.11 Å². The van der Waals surface area contributed by atoms with Gasteiger partial charge in [-0.15, -0.1) is 0 Å². The van der Waals surface area contributed by atoms with Crippen molar-refractivity contribution >= 4 is 38.7 Å². The van der Waals surface area contributed by atoms with E-state index in [4.69, 9.17) is 17.0 Å². The van der Waals surface area contributed by atoms with Crippen LogP contribution in [0.4, 0.5) is 11.4 Å². The summed E-state index contributed by atoms with van der Waals surface area (Å²) in [7, 11) is -2.04. The van der Waals surface area contributed by atoms with Crippen LogP contribution in [0.15, 0.2) is 73.1 Å². The van der Waals surface area contributed by atoms with Crippen LogP contribution in [0.3, 0.4) is 0 Å². The summed E-state index contributed by atoms with van der Waals surface area (Å²) >= 11 is 5.87. The first-order chi connectivity index (χ1) is 18.2. The number of ether oxygens (including phenoxy) is 1. The second-order valence-corrected chi connectivity index (χ2v) is 11.2. The van der Waals surface area contributed by atoms with E-state index in [2.05, 4.69) is 37.6 Å². The minimum atomic E-state index is -3.54. The lowest BCUT2D eigenvalue weighted by atomic mass is 9.96. The fourth-order valence-electron chi connectivity index (χ4n) is 5.00. The average molecular weight is 549 g/mol. The first kappa shape index (κ1) is 25.7. The van der Waals surface area contributed by atoms with Crippen molar-refractivity contribution < 1.29 is 13.2 Å². The van der Waals surface area contributed by atoms with Gasteiger partial charge in [-0.25, -0.2) is 13.4 Å². The number of methoxy groups -OCH3 is 1. The summed E-state index contributed by atoms with van der Waals surface area (Å²) in [5, 5.41) is 3.96. The van der Waals surface area contributed by atoms with Crippen LogP contribution < -0.4 is 19.7 Å². The molecule has 1 aromatic carbocycles. The van der Waals surface area contributed by atoms with Gasteiger partial charge in [-0.2, -0.15) is 0 Å². The van der Waals surface area contributed by atoms with Crippen molar-refractivity contribution in [1.29, 1.82) is 0 Å². The van der Waals surface area contributed by atoms with Crippen LogP contribution in [0.2, 0.25) is 0 Å². The second kappa shape index (κ2) is 10.1. The molecule has 3 aromatic heterocycles. The molecule has 1 fully saturated rings. The van der Waals surface area contributed by atoms with Crippen molar-refractivity contribution in [3.05, 3.63) is 95.7 Å². The van der Waals surface area contributed by atoms with Crippen molar-refractivity contribution in [1.82, 2.24) is 19.9 Å². The number of hydrogen-bond donors (Lipinski definition) is 2. The Balaban J connectivity index is 1.68. The maximum Gasteiger partial charge on any atom is 0.229 e. The third-order valence-corrected chi connectivity index (χ3v) is 7.43. The molecule has 0 bridgehead atoms. The van der Waals surface area contributed by atoms with Gasteiger partial charge >= 0.3 is 0 Å². The molecule has 4 heterocycles. The maximum atomic E-state index is 12.1. The van der Waals surface area contributed by atoms with Gasteiger partial charge in [0.1, 0.15) is 11.6 Å². The van der Waals surface area contributed by atoms with Gasteiger partial charge in [-0.05, 0) is 80.2 Å². The van der Waals surface area contributed by atoms with Gasteiger partial charge in [-0.1, -0.05) is 12.1 Å². The first-order valence-electron chi connectivity index (χ1n) is 11.9. The Hall–Kier alpha value is -3.96. The summed E-state index contributed by atoms with van der Waals surface area (Å²) in [4.78, 5) is 11.2. The standard InChI is InChI=1S/C27H28N6O3S2/c1-17-15-20(18(2)32(17)24-10-6-8-14-29-24)26-25(21-9-5-7-13-28-21)30-27(37)33(26)19-11-12-23(36-3)22(16-19)31-38(4,34)35/h5-16,25-26,31H,1-4H3,(H,30,37)/t25-,26+/m0/s1. The molecule has 0 unspecified atom stereocenters. The summed E-state index contributed by atoms with van der Waals surface area (Å²) in [5.41, 5.74) is 4.97. The highest BCUT2D eigenvalue weighted by atomic mass is 32.2. The summed E-state index contributed by atoms with van der Waals surface area (Å²) < 4.78 is 34.2. The minimum Gasteiger partial charge on any atom is -0.495 e. The van der Waals surface area contributed by atoms with Crippen molar-refractivity contribution in [2.45, 2.75) is 25.9 Å². The summed E-state index contributed by atoms with van der Waals surface area (Å²) in [6, 6.07) is 18.6. The Kier molecular flexibility index (Phi) is 6.80. The van der Waals surface area contributed by atoms with E-state index in [-0.39, 0.29) is 12.1 Å². The molecule has 1 saturated heterocycles. The van der Waals surface area contributed by atoms with E-state index in [1.165, 1.54) is 7.11 Å². The smallest absolute Gasteiger partial charge is 0.229 e. The van der Waals surface area contributed by atoms with Crippen LogP contribution in [0.25, 0.3) is 5.82 Å². The molecule has 2 atom stereocenters. The molecule has 4 aromatic rings. The van der Waals surface area contributed by atoms with Crippen molar-refractivity contribution in [2.75, 3.05) is 23.0 Å². The third kappa shape index (κ3) is 4.82. The van der Waals surface area contributed by atoms with Gasteiger partial charge in [0.2, 0.25) is 10.0 Å². The zero-order chi connectivity index (χ0) is 27.0. The van der Waals surface area contributed by atoms with E-state index < -0.39 is 10.0 Å². The Morgan fingerprint density at radius 3 is 2.39 bits per heavy atom. The fourth-order valence-corrected chi connectivity index (χ4v) is 5.90. The van der Waals surface area contributed by atoms with Gasteiger partial charge in [0.05, 0.1) is 36.8 Å². The molecular formula is C27H28N6O3S2. The number of aromatic nitrogens is 3. The van der Waals surface area contributed by atoms with Crippen LogP contribution in [0.5, 0.6) is 5.75 Å². The summed E-state index contributed by atoms with van der Waals surface area (Å²) in [5.74, 6) is 1.23. The van der Waals surface area contributed by atoms with Gasteiger partial charge in [0, 0.05) is 29.5 Å². The predicted octanol–water partition coefficient (Wildman–Crippen LogP) is 4.44. The lowest BCUT2D eigenvalue weighted by Crippen LogP contribution is -2.29. The molecule has 196 valence electrons. The lowest BCUT2D eigenvalue weighted by Gasteiger charge is -2.29. The molecule has 0 aliphatic carbocycles. The molecule has 0 spiro atoms. The van der Waals surface area contributed by atoms with Crippen LogP contribution in [-0.4, -0.2) is 41.4 Å². The fraction of sp³-hybridized carbons (Fsp3) is 0.222. The van der Waals surface area contributed by atoms with Crippen molar-refractivity contribution in [3.8, 4) is 11.6 Å². The van der Waals surface area contributed by atoms with Crippen molar-refractivity contribution in [3.63, 3.8) is 0 Å². The number of pyridine rings is 2. The zero-order valence-electron chi connectivity index (χ0n) is 21.4. The quantitative estimate of drug-likeness (QED) is 0.327. The number of thiocarbonyl (C=S) groups is 1. The molecule has 1 aliphatic heterocycles. The number of hydrogen-bond acceptors (Lipinski definition) is 6. The molecule has 38 heavy (non-hydrogen) atoms. The molecule has 0 radical (unpaired) electrons. The molecule has 9 nitrogen and oxygen atoms in total. The minimum absolute atomic E-state index is 0.255. The molecular weight excluding hydrogens is 520 g/mol. The monoisotopic (exact) mass is 548 g/mol. The molecule has 5 rings (SSSR count). The van der Waals surface area contributed by atoms with Gasteiger partial charge < -0.3 is 19.5 Å². The first-order valence-corrected chi connectivity index (χ1v) is 14.2. The number of aryl methyl sites for hydroxylation is 1. The van der Waals surface area contributed by atoms with E-state index in [1.54, 1.807) is 24.5 Å². The molecule has 1 aliphatic rings. The predicted molar refractivity (Wildman–Crippen MR) is 152 cm³/mol. The van der Waals surface area contributed by atoms with E-state index in [0.29, 0.717) is 22.2 Å². The van der Waals surface area contributed by atoms with Gasteiger partial charge in [0.25, 0.3) is 0 Å². The number of rotatable bonds is 7. The number of sulfonamides is 1. The average Bonchev–Trinajstić information content (AvgIpc) is 3.39. The number of nitrogens with zero attached hydrogens (tertiary/aromatic N) is 4. The van der Waals surface area contributed by atoms with E-state index in [0.717, 1.165) is 34.7 Å². The van der Waals surface area contributed by atoms with E-state index >= 15 is 0 Å². The Bertz CT molecular complexity index is 1590. The highest BCUT2D eigenvalue weighted by Crippen LogP contribution is 2.45. The van der Waals surface area contributed by atoms with Crippen LogP contribution >= 0.6 is 12.2 Å². The number of nitrogens with one attached hydrogen (secondary N) is 2. The normalized spacial score (nSPS) is 17.4. The maximum absolute atomic E-state index is 12.1. The molecule has 0 amide bonds. The molecule has 11 heteroatoms. The van der Waals surface area contributed by atoms with Crippen molar-refractivity contribution in [2.24, 2.45) is 0 Å².